The lowest BCUT2D eigenvalue weighted by Crippen LogP contribution is -2.30. The van der Waals surface area contributed by atoms with E-state index in [0.29, 0.717) is 17.0 Å². The number of carbonyl (C=O) groups excluding carboxylic acids is 1. The van der Waals surface area contributed by atoms with Crippen molar-refractivity contribution in [1.29, 1.82) is 0 Å². The quantitative estimate of drug-likeness (QED) is 0.827. The number of amides is 1. The summed E-state index contributed by atoms with van der Waals surface area (Å²) in [5, 5.41) is 14.8. The molecule has 1 aromatic rings. The molecule has 7 heteroatoms. The summed E-state index contributed by atoms with van der Waals surface area (Å²) in [5.74, 6) is 0.719. The first kappa shape index (κ1) is 16.2. The Morgan fingerprint density at radius 1 is 1.24 bits per heavy atom. The van der Waals surface area contributed by atoms with Gasteiger partial charge < -0.3 is 5.32 Å². The third kappa shape index (κ3) is 4.93. The average molecular weight is 309 g/mol. The molecule has 1 amide bonds. The number of hydrogen-bond donors (Lipinski definition) is 2. The van der Waals surface area contributed by atoms with Crippen LogP contribution in [-0.2, 0) is 17.6 Å². The van der Waals surface area contributed by atoms with Crippen molar-refractivity contribution in [2.24, 2.45) is 0 Å². The predicted octanol–water partition coefficient (Wildman–Crippen LogP) is 1.42. The van der Waals surface area contributed by atoms with Gasteiger partial charge in [-0.25, -0.2) is 4.98 Å². The van der Waals surface area contributed by atoms with Crippen LogP contribution in [0.1, 0.15) is 38.1 Å². The van der Waals surface area contributed by atoms with Gasteiger partial charge in [0.1, 0.15) is 0 Å². The molecule has 0 unspecified atom stereocenters. The normalized spacial score (nSPS) is 15.9. The van der Waals surface area contributed by atoms with Gasteiger partial charge >= 0.3 is 0 Å². The first-order valence-corrected chi connectivity index (χ1v) is 8.62. The monoisotopic (exact) mass is 309 g/mol. The molecule has 1 fully saturated rings. The SMILES string of the molecule is CCc1nnc(NC(=O)CSC2CCNCC2)nc1CC. The minimum atomic E-state index is -0.0494. The molecule has 116 valence electrons. The first-order chi connectivity index (χ1) is 10.2. The van der Waals surface area contributed by atoms with E-state index in [1.54, 1.807) is 11.8 Å². The maximum Gasteiger partial charge on any atom is 0.249 e. The molecular weight excluding hydrogens is 286 g/mol. The van der Waals surface area contributed by atoms with Crippen LogP contribution in [0.2, 0.25) is 0 Å². The van der Waals surface area contributed by atoms with Crippen molar-refractivity contribution < 1.29 is 4.79 Å². The summed E-state index contributed by atoms with van der Waals surface area (Å²) < 4.78 is 0. The lowest BCUT2D eigenvalue weighted by molar-refractivity contribution is -0.113. The second-order valence-corrected chi connectivity index (χ2v) is 6.33. The zero-order chi connectivity index (χ0) is 15.1. The van der Waals surface area contributed by atoms with Gasteiger partial charge in [-0.05, 0) is 38.8 Å². The summed E-state index contributed by atoms with van der Waals surface area (Å²) in [4.78, 5) is 16.3. The van der Waals surface area contributed by atoms with Gasteiger partial charge in [-0.3, -0.25) is 10.1 Å². The van der Waals surface area contributed by atoms with Gasteiger partial charge in [0, 0.05) is 5.25 Å². The highest BCUT2D eigenvalue weighted by Crippen LogP contribution is 2.20. The van der Waals surface area contributed by atoms with E-state index in [-0.39, 0.29) is 5.91 Å². The Balaban J connectivity index is 1.84. The second kappa shape index (κ2) is 8.29. The number of thioether (sulfide) groups is 1. The molecule has 0 bridgehead atoms. The second-order valence-electron chi connectivity index (χ2n) is 5.04. The van der Waals surface area contributed by atoms with E-state index in [1.807, 2.05) is 13.8 Å². The van der Waals surface area contributed by atoms with Crippen LogP contribution in [-0.4, -0.2) is 45.2 Å². The molecule has 0 spiro atoms. The van der Waals surface area contributed by atoms with Crippen LogP contribution >= 0.6 is 11.8 Å². The largest absolute Gasteiger partial charge is 0.317 e. The van der Waals surface area contributed by atoms with Gasteiger partial charge in [0.25, 0.3) is 0 Å². The maximum atomic E-state index is 12.0. The first-order valence-electron chi connectivity index (χ1n) is 7.57. The fourth-order valence-electron chi connectivity index (χ4n) is 2.31. The number of piperidine rings is 1. The summed E-state index contributed by atoms with van der Waals surface area (Å²) in [6.45, 7) is 6.15. The molecule has 1 aliphatic rings. The molecule has 1 aromatic heterocycles. The van der Waals surface area contributed by atoms with Crippen molar-refractivity contribution in [3.8, 4) is 0 Å². The van der Waals surface area contributed by atoms with Gasteiger partial charge in [0.05, 0.1) is 17.1 Å². The van der Waals surface area contributed by atoms with Crippen LogP contribution in [0.5, 0.6) is 0 Å². The van der Waals surface area contributed by atoms with Crippen molar-refractivity contribution >= 4 is 23.6 Å². The smallest absolute Gasteiger partial charge is 0.249 e. The van der Waals surface area contributed by atoms with Crippen LogP contribution in [0.3, 0.4) is 0 Å². The van der Waals surface area contributed by atoms with E-state index < -0.39 is 0 Å². The van der Waals surface area contributed by atoms with E-state index >= 15 is 0 Å². The summed E-state index contributed by atoms with van der Waals surface area (Å²) in [7, 11) is 0. The highest BCUT2D eigenvalue weighted by atomic mass is 32.2. The highest BCUT2D eigenvalue weighted by Gasteiger charge is 2.16. The van der Waals surface area contributed by atoms with Crippen molar-refractivity contribution in [3.63, 3.8) is 0 Å². The van der Waals surface area contributed by atoms with Crippen molar-refractivity contribution in [3.05, 3.63) is 11.4 Å². The minimum absolute atomic E-state index is 0.0494. The van der Waals surface area contributed by atoms with Gasteiger partial charge in [-0.15, -0.1) is 22.0 Å². The van der Waals surface area contributed by atoms with E-state index in [1.165, 1.54) is 0 Å². The zero-order valence-electron chi connectivity index (χ0n) is 12.7. The number of nitrogens with zero attached hydrogens (tertiary/aromatic N) is 3. The maximum absolute atomic E-state index is 12.0. The standard InChI is InChI=1S/C14H23N5OS/c1-3-11-12(4-2)18-19-14(16-11)17-13(20)9-21-10-5-7-15-8-6-10/h10,15H,3-9H2,1-2H3,(H,16,17,19,20). The van der Waals surface area contributed by atoms with Crippen molar-refractivity contribution in [2.75, 3.05) is 24.2 Å². The number of aryl methyl sites for hydroxylation is 2. The molecule has 2 heterocycles. The summed E-state index contributed by atoms with van der Waals surface area (Å²) >= 11 is 1.71. The predicted molar refractivity (Wildman–Crippen MR) is 85.6 cm³/mol. The molecule has 0 radical (unpaired) electrons. The molecule has 0 saturated carbocycles. The topological polar surface area (TPSA) is 79.8 Å². The van der Waals surface area contributed by atoms with Gasteiger partial charge in [-0.1, -0.05) is 13.8 Å². The van der Waals surface area contributed by atoms with E-state index in [2.05, 4.69) is 25.8 Å². The number of hydrogen-bond acceptors (Lipinski definition) is 6. The third-order valence-corrected chi connectivity index (χ3v) is 4.87. The van der Waals surface area contributed by atoms with Gasteiger partial charge in [0.2, 0.25) is 11.9 Å². The van der Waals surface area contributed by atoms with Crippen molar-refractivity contribution in [2.45, 2.75) is 44.8 Å². The Morgan fingerprint density at radius 3 is 2.62 bits per heavy atom. The number of anilines is 1. The Kier molecular flexibility index (Phi) is 6.38. The Morgan fingerprint density at radius 2 is 1.95 bits per heavy atom. The fourth-order valence-corrected chi connectivity index (χ4v) is 3.34. The highest BCUT2D eigenvalue weighted by molar-refractivity contribution is 8.00. The summed E-state index contributed by atoms with van der Waals surface area (Å²) in [5.41, 5.74) is 1.81. The summed E-state index contributed by atoms with van der Waals surface area (Å²) in [6.07, 6.45) is 3.86. The van der Waals surface area contributed by atoms with E-state index in [9.17, 15) is 4.79 Å². The minimum Gasteiger partial charge on any atom is -0.317 e. The Labute approximate surface area is 129 Å². The van der Waals surface area contributed by atoms with Crippen LogP contribution in [0.15, 0.2) is 0 Å². The van der Waals surface area contributed by atoms with Crippen LogP contribution in [0, 0.1) is 0 Å². The molecule has 0 aromatic carbocycles. The molecule has 0 aliphatic carbocycles. The molecular formula is C14H23N5OS. The molecule has 1 saturated heterocycles. The molecule has 6 nitrogen and oxygen atoms in total. The molecule has 2 N–H and O–H groups in total. The summed E-state index contributed by atoms with van der Waals surface area (Å²) in [6, 6.07) is 0. The van der Waals surface area contributed by atoms with E-state index in [4.69, 9.17) is 0 Å². The van der Waals surface area contributed by atoms with Gasteiger partial charge in [-0.2, -0.15) is 0 Å². The molecule has 1 aliphatic heterocycles. The van der Waals surface area contributed by atoms with Crippen LogP contribution in [0.4, 0.5) is 5.95 Å². The zero-order valence-corrected chi connectivity index (χ0v) is 13.5. The number of rotatable bonds is 6. The van der Waals surface area contributed by atoms with E-state index in [0.717, 1.165) is 50.2 Å². The number of aromatic nitrogens is 3. The fraction of sp³-hybridized carbons (Fsp3) is 0.714. The lowest BCUT2D eigenvalue weighted by atomic mass is 10.2. The van der Waals surface area contributed by atoms with Crippen LogP contribution in [0.25, 0.3) is 0 Å². The Bertz CT molecular complexity index is 476. The Hall–Kier alpha value is -1.21. The van der Waals surface area contributed by atoms with Gasteiger partial charge in [0.15, 0.2) is 0 Å². The molecule has 0 atom stereocenters. The third-order valence-electron chi connectivity index (χ3n) is 3.50. The average Bonchev–Trinajstić information content (AvgIpc) is 2.53. The number of nitrogens with one attached hydrogen (secondary N) is 2. The number of carbonyl (C=O) groups is 1. The lowest BCUT2D eigenvalue weighted by Gasteiger charge is -2.21. The van der Waals surface area contributed by atoms with Crippen molar-refractivity contribution in [1.82, 2.24) is 20.5 Å². The molecule has 21 heavy (non-hydrogen) atoms. The molecule has 2 rings (SSSR count). The van der Waals surface area contributed by atoms with Crippen LogP contribution < -0.4 is 10.6 Å².